The Morgan fingerprint density at radius 2 is 2.00 bits per heavy atom. The molecule has 2 aromatic heterocycles. The van der Waals surface area contributed by atoms with Gasteiger partial charge in [-0.1, -0.05) is 19.9 Å². The first-order chi connectivity index (χ1) is 17.6. The zero-order valence-electron chi connectivity index (χ0n) is 20.7. The molecule has 1 fully saturated rings. The summed E-state index contributed by atoms with van der Waals surface area (Å²) >= 11 is 0. The molecule has 0 bridgehead atoms. The summed E-state index contributed by atoms with van der Waals surface area (Å²) < 4.78 is 58.9. The lowest BCUT2D eigenvalue weighted by Crippen LogP contribution is -2.32. The van der Waals surface area contributed by atoms with Gasteiger partial charge in [0.15, 0.2) is 5.03 Å². The summed E-state index contributed by atoms with van der Waals surface area (Å²) in [6.45, 7) is 6.81. The molecule has 3 aromatic rings. The van der Waals surface area contributed by atoms with E-state index in [9.17, 15) is 17.6 Å². The van der Waals surface area contributed by atoms with Gasteiger partial charge in [0.2, 0.25) is 5.88 Å². The summed E-state index contributed by atoms with van der Waals surface area (Å²) in [6.07, 6.45) is 0.202. The number of aromatic nitrogens is 2. The van der Waals surface area contributed by atoms with Gasteiger partial charge in [-0.15, -0.1) is 0 Å². The number of hydrogen-bond donors (Lipinski definition) is 1. The molecule has 1 amide bonds. The molecule has 0 spiro atoms. The van der Waals surface area contributed by atoms with Crippen molar-refractivity contribution >= 4 is 15.9 Å². The predicted octanol–water partition coefficient (Wildman–Crippen LogP) is 3.91. The molecule has 1 atom stereocenters. The molecule has 1 saturated heterocycles. The first kappa shape index (κ1) is 26.5. The summed E-state index contributed by atoms with van der Waals surface area (Å²) in [4.78, 5) is 21.5. The van der Waals surface area contributed by atoms with Crippen molar-refractivity contribution in [3.8, 4) is 22.9 Å². The van der Waals surface area contributed by atoms with E-state index in [-0.39, 0.29) is 28.5 Å². The lowest BCUT2D eigenvalue weighted by atomic mass is 10.1. The molecule has 1 aliphatic heterocycles. The maximum atomic E-state index is 14.4. The van der Waals surface area contributed by atoms with Crippen LogP contribution in [0.5, 0.6) is 11.6 Å². The molecule has 1 aliphatic rings. The number of ether oxygens (including phenoxy) is 3. The average molecular weight is 530 g/mol. The molecule has 0 unspecified atom stereocenters. The number of aryl methyl sites for hydroxylation is 1. The Morgan fingerprint density at radius 1 is 1.19 bits per heavy atom. The third kappa shape index (κ3) is 6.80. The number of halogens is 1. The summed E-state index contributed by atoms with van der Waals surface area (Å²) in [5.41, 5.74) is 1.12. The van der Waals surface area contributed by atoms with Gasteiger partial charge in [-0.2, -0.15) is 8.42 Å². The van der Waals surface area contributed by atoms with Crippen LogP contribution in [0.1, 0.15) is 36.3 Å². The van der Waals surface area contributed by atoms with Crippen molar-refractivity contribution in [2.45, 2.75) is 38.3 Å². The van der Waals surface area contributed by atoms with Crippen LogP contribution in [-0.2, 0) is 14.8 Å². The number of sulfonamides is 1. The topological polar surface area (TPSA) is 117 Å². The molecule has 1 aromatic carbocycles. The Hall–Kier alpha value is -3.57. The molecule has 11 heteroatoms. The van der Waals surface area contributed by atoms with E-state index in [1.54, 1.807) is 19.1 Å². The number of nitrogens with zero attached hydrogens (tertiary/aromatic N) is 2. The Morgan fingerprint density at radius 3 is 2.70 bits per heavy atom. The van der Waals surface area contributed by atoms with Crippen molar-refractivity contribution in [2.24, 2.45) is 5.92 Å². The van der Waals surface area contributed by atoms with E-state index in [0.29, 0.717) is 48.9 Å². The van der Waals surface area contributed by atoms with Gasteiger partial charge in [0.1, 0.15) is 23.2 Å². The average Bonchev–Trinajstić information content (AvgIpc) is 3.35. The number of benzene rings is 1. The SMILES string of the molecule is Cc1cccc(S(=O)(=O)NC(=O)c2ccc(-c3cc(F)cc(OCC(C)C)c3)nc2O[C@H]2CCOC2)n1. The van der Waals surface area contributed by atoms with Gasteiger partial charge in [-0.25, -0.2) is 19.1 Å². The third-order valence-electron chi connectivity index (χ3n) is 5.39. The number of amides is 1. The van der Waals surface area contributed by atoms with Gasteiger partial charge >= 0.3 is 0 Å². The zero-order chi connectivity index (χ0) is 26.6. The zero-order valence-corrected chi connectivity index (χ0v) is 21.5. The monoisotopic (exact) mass is 529 g/mol. The fourth-order valence-corrected chi connectivity index (χ4v) is 4.56. The van der Waals surface area contributed by atoms with Crippen LogP contribution in [0, 0.1) is 18.7 Å². The van der Waals surface area contributed by atoms with Crippen LogP contribution in [0.4, 0.5) is 4.39 Å². The highest BCUT2D eigenvalue weighted by molar-refractivity contribution is 7.90. The highest BCUT2D eigenvalue weighted by Gasteiger charge is 2.26. The first-order valence-corrected chi connectivity index (χ1v) is 13.3. The molecule has 4 rings (SSSR count). The van der Waals surface area contributed by atoms with Gasteiger partial charge in [-0.05, 0) is 49.2 Å². The second-order valence-electron chi connectivity index (χ2n) is 9.08. The van der Waals surface area contributed by atoms with E-state index >= 15 is 0 Å². The van der Waals surface area contributed by atoms with Crippen LogP contribution < -0.4 is 14.2 Å². The number of pyridine rings is 2. The van der Waals surface area contributed by atoms with Crippen LogP contribution in [-0.4, -0.2) is 50.2 Å². The van der Waals surface area contributed by atoms with Gasteiger partial charge < -0.3 is 14.2 Å². The first-order valence-electron chi connectivity index (χ1n) is 11.8. The van der Waals surface area contributed by atoms with E-state index < -0.39 is 21.7 Å². The Balaban J connectivity index is 1.67. The van der Waals surface area contributed by atoms with Gasteiger partial charge in [-0.3, -0.25) is 4.79 Å². The summed E-state index contributed by atoms with van der Waals surface area (Å²) in [6, 6.07) is 11.6. The van der Waals surface area contributed by atoms with Crippen LogP contribution in [0.3, 0.4) is 0 Å². The van der Waals surface area contributed by atoms with Crippen LogP contribution in [0.15, 0.2) is 53.6 Å². The van der Waals surface area contributed by atoms with E-state index in [2.05, 4.69) is 9.97 Å². The molecule has 9 nitrogen and oxygen atoms in total. The van der Waals surface area contributed by atoms with E-state index in [1.807, 2.05) is 18.6 Å². The lowest BCUT2D eigenvalue weighted by Gasteiger charge is -2.16. The van der Waals surface area contributed by atoms with Crippen molar-refractivity contribution in [3.63, 3.8) is 0 Å². The molecule has 0 saturated carbocycles. The highest BCUT2D eigenvalue weighted by Crippen LogP contribution is 2.29. The second kappa shape index (κ2) is 11.2. The van der Waals surface area contributed by atoms with Crippen molar-refractivity contribution < 1.29 is 31.8 Å². The number of carbonyl (C=O) groups excluding carboxylic acids is 1. The quantitative estimate of drug-likeness (QED) is 0.444. The number of hydrogen-bond acceptors (Lipinski definition) is 8. The molecule has 37 heavy (non-hydrogen) atoms. The lowest BCUT2D eigenvalue weighted by molar-refractivity contribution is 0.0968. The minimum Gasteiger partial charge on any atom is -0.493 e. The molecular weight excluding hydrogens is 501 g/mol. The Bertz CT molecular complexity index is 1390. The van der Waals surface area contributed by atoms with Gasteiger partial charge in [0.25, 0.3) is 15.9 Å². The molecular formula is C26H28FN3O6S. The van der Waals surface area contributed by atoms with Gasteiger partial charge in [0.05, 0.1) is 25.5 Å². The van der Waals surface area contributed by atoms with Crippen molar-refractivity contribution in [3.05, 3.63) is 65.6 Å². The van der Waals surface area contributed by atoms with Crippen molar-refractivity contribution in [1.29, 1.82) is 0 Å². The fourth-order valence-electron chi connectivity index (χ4n) is 3.58. The van der Waals surface area contributed by atoms with Crippen LogP contribution in [0.25, 0.3) is 11.3 Å². The normalized spacial score (nSPS) is 15.5. The number of rotatable bonds is 9. The molecule has 0 radical (unpaired) electrons. The summed E-state index contributed by atoms with van der Waals surface area (Å²) in [5, 5.41) is -0.286. The maximum Gasteiger partial charge on any atom is 0.281 e. The molecule has 0 aliphatic carbocycles. The van der Waals surface area contributed by atoms with Crippen LogP contribution >= 0.6 is 0 Å². The Labute approximate surface area is 215 Å². The summed E-state index contributed by atoms with van der Waals surface area (Å²) in [7, 11) is -4.25. The van der Waals surface area contributed by atoms with E-state index in [1.165, 1.54) is 36.4 Å². The largest absolute Gasteiger partial charge is 0.493 e. The minimum absolute atomic E-state index is 0.0909. The number of nitrogens with one attached hydrogen (secondary N) is 1. The standard InChI is InChI=1S/C26H28FN3O6S/c1-16(2)14-35-21-12-18(11-19(27)13-21)23-8-7-22(26(29-23)36-20-9-10-34-15-20)25(31)30-37(32,33)24-6-4-5-17(3)28-24/h4-8,11-13,16,20H,9-10,14-15H2,1-3H3,(H,30,31)/t20-/m0/s1. The van der Waals surface area contributed by atoms with Crippen LogP contribution in [0.2, 0.25) is 0 Å². The van der Waals surface area contributed by atoms with Gasteiger partial charge in [0, 0.05) is 23.7 Å². The van der Waals surface area contributed by atoms with Crippen molar-refractivity contribution in [2.75, 3.05) is 19.8 Å². The highest BCUT2D eigenvalue weighted by atomic mass is 32.2. The number of carbonyl (C=O) groups is 1. The maximum absolute atomic E-state index is 14.4. The van der Waals surface area contributed by atoms with E-state index in [0.717, 1.165) is 0 Å². The minimum atomic E-state index is -4.25. The Kier molecular flexibility index (Phi) is 8.03. The molecule has 3 heterocycles. The van der Waals surface area contributed by atoms with Crippen molar-refractivity contribution in [1.82, 2.24) is 14.7 Å². The molecule has 196 valence electrons. The molecule has 1 N–H and O–H groups in total. The second-order valence-corrected chi connectivity index (χ2v) is 10.7. The van der Waals surface area contributed by atoms with E-state index in [4.69, 9.17) is 14.2 Å². The fraction of sp³-hybridized carbons (Fsp3) is 0.346. The smallest absolute Gasteiger partial charge is 0.281 e. The predicted molar refractivity (Wildman–Crippen MR) is 133 cm³/mol. The third-order valence-corrected chi connectivity index (χ3v) is 6.62. The summed E-state index contributed by atoms with van der Waals surface area (Å²) in [5.74, 6) is -0.940.